The van der Waals surface area contributed by atoms with E-state index in [0.29, 0.717) is 204 Å². The van der Waals surface area contributed by atoms with Crippen molar-refractivity contribution >= 4 is 47.7 Å². The standard InChI is InChI=1S/C12H21NO4.C10H14N4O4.C10H20N4O3.C9H18N4O3.C6H14N4O2.C4H8O.2C2H6.CH2O3.HN3.Na/c1-3-10-9-11(14)13(12(10)15)5-6-17-8-7-16-4-2;11-13-12-3-5-17-7-8-18-6-4-14-9(15)1-2-10(14)16;1-2-3-10(15)12-4-6-16-8-9-17-7-5-13-14-11;1-2-9(14)11-3-5-15-7-8-16-6-4-12-13-10;7-1-3-11-5-6-12-4-2-9-10-8;1-3-4(2)5;2*1-2;2-1-4-3;1-3-2;/h10H,3-9H2,1-2H3;1-2H,3-8H2;2-9H2,1H3,(H,12,15);2-8H2,1H3,(H,11,14);1-7H2;3H2,1-2H3;2*1-2H3;1,3H;1H;/q;;;;;;;;;;+1/p-1. The van der Waals surface area contributed by atoms with Crippen LogP contribution in [0.4, 0.5) is 0 Å². The minimum Gasteiger partial charge on any atom is -0.662 e. The monoisotopic (exact) mass is 1400 g/mol. The van der Waals surface area contributed by atoms with Gasteiger partial charge in [-0.3, -0.25) is 43.4 Å². The van der Waals surface area contributed by atoms with E-state index in [-0.39, 0.29) is 96.3 Å². The molecule has 1 fully saturated rings. The predicted molar refractivity (Wildman–Crippen MR) is 351 cm³/mol. The van der Waals surface area contributed by atoms with Gasteiger partial charge in [-0.2, -0.15) is 0 Å². The average Bonchev–Trinajstić information content (AvgIpc) is 1.74. The largest absolute Gasteiger partial charge is 1.00 e. The summed E-state index contributed by atoms with van der Waals surface area (Å²) in [5.41, 5.74) is 49.3. The Morgan fingerprint density at radius 3 is 1.18 bits per heavy atom. The first-order chi connectivity index (χ1) is 46.6. The molecule has 2 rings (SSSR count). The summed E-state index contributed by atoms with van der Waals surface area (Å²) in [4.78, 5) is 103. The van der Waals surface area contributed by atoms with Gasteiger partial charge < -0.3 is 78.7 Å². The molecule has 2 aliphatic rings. The smallest absolute Gasteiger partial charge is 0.662 e. The van der Waals surface area contributed by atoms with Gasteiger partial charge in [0.2, 0.25) is 23.6 Å². The van der Waals surface area contributed by atoms with E-state index in [0.717, 1.165) is 17.7 Å². The maximum Gasteiger partial charge on any atom is 1.00 e. The molecule has 41 heteroatoms. The molecule has 40 nitrogen and oxygen atoms in total. The summed E-state index contributed by atoms with van der Waals surface area (Å²) in [5.74, 6) is -0.531. The Morgan fingerprint density at radius 1 is 0.567 bits per heavy atom. The fourth-order valence-electron chi connectivity index (χ4n) is 5.57. The quantitative estimate of drug-likeness (QED) is 0.00783. The number of likely N-dealkylation sites (tertiary alicyclic amines) is 1. The van der Waals surface area contributed by atoms with Crippen molar-refractivity contribution in [1.29, 1.82) is 5.53 Å². The molecule has 0 saturated carbocycles. The minimum atomic E-state index is -0.311. The van der Waals surface area contributed by atoms with Crippen molar-refractivity contribution in [2.24, 2.45) is 32.1 Å². The van der Waals surface area contributed by atoms with Gasteiger partial charge in [-0.15, -0.1) is 5.53 Å². The summed E-state index contributed by atoms with van der Waals surface area (Å²) in [6.45, 7) is 31.5. The third kappa shape index (κ3) is 95.6. The van der Waals surface area contributed by atoms with E-state index in [1.807, 2.05) is 55.4 Å². The number of rotatable bonds is 48. The second-order valence-electron chi connectivity index (χ2n) is 16.8. The van der Waals surface area contributed by atoms with Crippen LogP contribution in [0.15, 0.2) is 32.6 Å². The molecule has 2 heterocycles. The van der Waals surface area contributed by atoms with Gasteiger partial charge in [0.15, 0.2) is 0 Å². The molecule has 0 aliphatic carbocycles. The number of imide groups is 2. The van der Waals surface area contributed by atoms with Crippen molar-refractivity contribution in [3.05, 3.63) is 64.4 Å². The number of Topliss-reactive ketones (excluding diaryl/α,β-unsaturated/α-hetero) is 1. The third-order valence-corrected chi connectivity index (χ3v) is 10.0. The number of amides is 6. The Labute approximate surface area is 591 Å². The number of ketones is 1. The van der Waals surface area contributed by atoms with E-state index in [2.05, 4.69) is 55.6 Å². The summed E-state index contributed by atoms with van der Waals surface area (Å²) in [7, 11) is 0. The van der Waals surface area contributed by atoms with Crippen molar-refractivity contribution in [1.82, 2.24) is 20.4 Å². The van der Waals surface area contributed by atoms with Crippen LogP contribution in [-0.2, 0) is 90.6 Å². The Kier molecular flexibility index (Phi) is 112. The number of hydrogen-bond donors (Lipinski definition) is 4. The van der Waals surface area contributed by atoms with Gasteiger partial charge in [0.25, 0.3) is 18.3 Å². The SMILES string of the molecule is CC.CC.CCC(=O)NCCOCCOCCN=[N+]=[N-].CCC(C)=O.CCCC(=O)NCCOCCOCCN=[N+]=[N-].CCOCCOCCN1C(=O)CC(CC)C1=O.O=CO[O-].[N-]=[N+]=N.[N-]=[N+]=NCCOCCOCCN.[N-]=[N+]=NCCOCCOCCN1C(=O)C=CC1=O.[Na+]. The first-order valence-electron chi connectivity index (χ1n) is 31.2. The van der Waals surface area contributed by atoms with E-state index in [1.165, 1.54) is 17.1 Å². The van der Waals surface area contributed by atoms with Gasteiger partial charge in [0.1, 0.15) is 5.78 Å². The zero-order valence-corrected chi connectivity index (χ0v) is 61.0. The number of ether oxygens (including phenoxy) is 10. The molecule has 554 valence electrons. The van der Waals surface area contributed by atoms with Crippen molar-refractivity contribution in [3.8, 4) is 0 Å². The van der Waals surface area contributed by atoms with Crippen molar-refractivity contribution in [2.45, 2.75) is 108 Å². The van der Waals surface area contributed by atoms with Crippen LogP contribution in [0.3, 0.4) is 0 Å². The molecule has 0 aromatic carbocycles. The van der Waals surface area contributed by atoms with E-state index < -0.39 is 0 Å². The van der Waals surface area contributed by atoms with Gasteiger partial charge >= 0.3 is 29.6 Å². The molecule has 0 bridgehead atoms. The number of carbonyl (C=O) groups is 8. The molecule has 1 atom stereocenters. The van der Waals surface area contributed by atoms with Gasteiger partial charge in [0.05, 0.1) is 139 Å². The second-order valence-corrected chi connectivity index (χ2v) is 16.8. The maximum absolute atomic E-state index is 11.7. The van der Waals surface area contributed by atoms with Crippen molar-refractivity contribution in [3.63, 3.8) is 0 Å². The Hall–Kier alpha value is -6.83. The van der Waals surface area contributed by atoms with Gasteiger partial charge in [0, 0.05) is 116 Å². The molecular weight excluding hydrogens is 1300 g/mol. The number of nitrogens with zero attached hydrogens (tertiary/aromatic N) is 16. The predicted octanol–water partition coefficient (Wildman–Crippen LogP) is 2.82. The van der Waals surface area contributed by atoms with Crippen LogP contribution in [0.1, 0.15) is 108 Å². The molecule has 6 amide bonds. The summed E-state index contributed by atoms with van der Waals surface area (Å²) in [6, 6.07) is 0. The number of hydrogen-bond acceptors (Lipinski definition) is 26. The summed E-state index contributed by atoms with van der Waals surface area (Å²) >= 11 is 0. The van der Waals surface area contributed by atoms with Crippen LogP contribution in [0, 0.1) is 11.4 Å². The van der Waals surface area contributed by atoms with Crippen molar-refractivity contribution < 1.29 is 125 Å². The normalized spacial score (nSPS) is 11.4. The van der Waals surface area contributed by atoms with Crippen LogP contribution in [0.25, 0.3) is 52.2 Å². The van der Waals surface area contributed by atoms with Gasteiger partial charge in [-0.25, -0.2) is 0 Å². The first-order valence-corrected chi connectivity index (χ1v) is 31.2. The molecule has 0 radical (unpaired) electrons. The molecule has 0 aromatic rings. The van der Waals surface area contributed by atoms with Gasteiger partial charge in [-0.1, -0.05) is 75.8 Å². The van der Waals surface area contributed by atoms with E-state index in [1.54, 1.807) is 18.8 Å². The Morgan fingerprint density at radius 2 is 0.887 bits per heavy atom. The van der Waals surface area contributed by atoms with E-state index >= 15 is 0 Å². The molecule has 97 heavy (non-hydrogen) atoms. The van der Waals surface area contributed by atoms with E-state index in [4.69, 9.17) is 96.3 Å². The van der Waals surface area contributed by atoms with E-state index in [9.17, 15) is 33.6 Å². The van der Waals surface area contributed by atoms with Crippen LogP contribution < -0.4 is 51.2 Å². The zero-order valence-electron chi connectivity index (χ0n) is 59.0. The number of nitrogens with two attached hydrogens (primary N) is 1. The fraction of sp³-hybridized carbons (Fsp3) is 0.821. The molecular formula is C56H109N20NaO20. The molecule has 0 aromatic heterocycles. The Bertz CT molecular complexity index is 2120. The third-order valence-electron chi connectivity index (χ3n) is 10.0. The fourth-order valence-corrected chi connectivity index (χ4v) is 5.57. The number of nitrogens with one attached hydrogen (secondary N) is 3. The molecule has 2 aliphatic heterocycles. The van der Waals surface area contributed by atoms with Crippen LogP contribution in [0.2, 0.25) is 0 Å². The molecule has 0 spiro atoms. The molecule has 1 unspecified atom stereocenters. The topological polar surface area (TPSA) is 573 Å². The summed E-state index contributed by atoms with van der Waals surface area (Å²) in [5, 5.41) is 27.1. The number of carbonyl (C=O) groups excluding carboxylic acids is 8. The summed E-state index contributed by atoms with van der Waals surface area (Å²) in [6.07, 6.45) is 6.12. The zero-order chi connectivity index (χ0) is 74.2. The van der Waals surface area contributed by atoms with Crippen LogP contribution >= 0.6 is 0 Å². The van der Waals surface area contributed by atoms with Crippen molar-refractivity contribution in [2.75, 3.05) is 191 Å². The maximum atomic E-state index is 11.7. The second kappa shape index (κ2) is 100. The first kappa shape index (κ1) is 109. The van der Waals surface area contributed by atoms with Gasteiger partial charge in [-0.05, 0) is 59.3 Å². The molecule has 5 N–H and O–H groups in total. The van der Waals surface area contributed by atoms with Crippen LogP contribution in [0.5, 0.6) is 0 Å². The average molecular weight is 1410 g/mol. The van der Waals surface area contributed by atoms with Crippen LogP contribution in [-0.4, -0.2) is 249 Å². The number of azide groups is 4. The Balaban J connectivity index is -0.000000135. The molecule has 1 saturated heterocycles. The minimum absolute atomic E-state index is 0. The summed E-state index contributed by atoms with van der Waals surface area (Å²) < 4.78 is 51.4.